The van der Waals surface area contributed by atoms with Gasteiger partial charge in [-0.3, -0.25) is 5.41 Å². The van der Waals surface area contributed by atoms with E-state index in [1.807, 2.05) is 0 Å². The summed E-state index contributed by atoms with van der Waals surface area (Å²) >= 11 is 0. The first-order chi connectivity index (χ1) is 7.11. The van der Waals surface area contributed by atoms with E-state index in [1.54, 1.807) is 0 Å². The first-order valence-corrected chi connectivity index (χ1v) is 6.14. The van der Waals surface area contributed by atoms with Gasteiger partial charge in [-0.25, -0.2) is 0 Å². The van der Waals surface area contributed by atoms with E-state index in [0.717, 1.165) is 25.3 Å². The number of rotatable bonds is 6. The summed E-state index contributed by atoms with van der Waals surface area (Å²) in [5.74, 6) is 0.854. The van der Waals surface area contributed by atoms with Gasteiger partial charge in [0.25, 0.3) is 0 Å². The van der Waals surface area contributed by atoms with E-state index in [2.05, 4.69) is 30.7 Å². The predicted octanol–water partition coefficient (Wildman–Crippen LogP) is 2.18. The van der Waals surface area contributed by atoms with Gasteiger partial charge in [0.2, 0.25) is 0 Å². The molecule has 0 bridgehead atoms. The zero-order chi connectivity index (χ0) is 11.3. The molecule has 0 aromatic rings. The molecule has 1 saturated heterocycles. The third kappa shape index (κ3) is 4.20. The highest BCUT2D eigenvalue weighted by molar-refractivity contribution is 5.80. The Morgan fingerprint density at radius 1 is 1.40 bits per heavy atom. The average Bonchev–Trinajstić information content (AvgIpc) is 2.58. The molecule has 1 heterocycles. The van der Waals surface area contributed by atoms with Gasteiger partial charge < -0.3 is 9.80 Å². The van der Waals surface area contributed by atoms with Crippen LogP contribution in [-0.4, -0.2) is 48.4 Å². The SMILES string of the molecule is CC(C)N(C)CCCCN1CCCC1=N. The Kier molecular flexibility index (Phi) is 5.09. The highest BCUT2D eigenvalue weighted by Crippen LogP contribution is 2.10. The molecular weight excluding hydrogens is 186 g/mol. The summed E-state index contributed by atoms with van der Waals surface area (Å²) in [5.41, 5.74) is 0. The van der Waals surface area contributed by atoms with Crippen molar-refractivity contribution in [2.45, 2.75) is 45.6 Å². The topological polar surface area (TPSA) is 30.3 Å². The summed E-state index contributed by atoms with van der Waals surface area (Å²) in [5, 5.41) is 7.71. The minimum absolute atomic E-state index is 0.648. The number of amidine groups is 1. The summed E-state index contributed by atoms with van der Waals surface area (Å²) in [7, 11) is 2.18. The molecule has 0 aromatic carbocycles. The molecule has 0 saturated carbocycles. The molecule has 88 valence electrons. The van der Waals surface area contributed by atoms with E-state index < -0.39 is 0 Å². The summed E-state index contributed by atoms with van der Waals surface area (Å²) in [6, 6.07) is 0.648. The predicted molar refractivity (Wildman–Crippen MR) is 65.5 cm³/mol. The van der Waals surface area contributed by atoms with Crippen LogP contribution in [0, 0.1) is 5.41 Å². The Morgan fingerprint density at radius 2 is 2.13 bits per heavy atom. The Balaban J connectivity index is 2.04. The van der Waals surface area contributed by atoms with Crippen LogP contribution in [0.4, 0.5) is 0 Å². The maximum atomic E-state index is 7.71. The molecule has 1 N–H and O–H groups in total. The maximum absolute atomic E-state index is 7.71. The Hall–Kier alpha value is -0.570. The van der Waals surface area contributed by atoms with Gasteiger partial charge >= 0.3 is 0 Å². The molecule has 1 fully saturated rings. The van der Waals surface area contributed by atoms with Crippen molar-refractivity contribution in [1.29, 1.82) is 5.41 Å². The Labute approximate surface area is 94.0 Å². The van der Waals surface area contributed by atoms with Crippen molar-refractivity contribution in [1.82, 2.24) is 9.80 Å². The number of unbranched alkanes of at least 4 members (excludes halogenated alkanes) is 1. The largest absolute Gasteiger partial charge is 0.361 e. The van der Waals surface area contributed by atoms with Gasteiger partial charge in [0.05, 0.1) is 5.84 Å². The summed E-state index contributed by atoms with van der Waals surface area (Å²) in [4.78, 5) is 4.62. The molecule has 15 heavy (non-hydrogen) atoms. The number of hydrogen-bond acceptors (Lipinski definition) is 2. The van der Waals surface area contributed by atoms with Crippen LogP contribution in [0.3, 0.4) is 0 Å². The third-order valence-electron chi connectivity index (χ3n) is 3.29. The number of hydrogen-bond donors (Lipinski definition) is 1. The van der Waals surface area contributed by atoms with Gasteiger partial charge in [-0.05, 0) is 46.7 Å². The number of nitrogens with one attached hydrogen (secondary N) is 1. The third-order valence-corrected chi connectivity index (χ3v) is 3.29. The fourth-order valence-electron chi connectivity index (χ4n) is 1.90. The fourth-order valence-corrected chi connectivity index (χ4v) is 1.90. The highest BCUT2D eigenvalue weighted by atomic mass is 15.2. The van der Waals surface area contributed by atoms with Gasteiger partial charge in [-0.15, -0.1) is 0 Å². The lowest BCUT2D eigenvalue weighted by Gasteiger charge is -2.22. The number of likely N-dealkylation sites (tertiary alicyclic amines) is 1. The van der Waals surface area contributed by atoms with Crippen molar-refractivity contribution < 1.29 is 0 Å². The molecule has 0 aliphatic carbocycles. The molecule has 1 aliphatic rings. The van der Waals surface area contributed by atoms with Crippen molar-refractivity contribution in [2.24, 2.45) is 0 Å². The van der Waals surface area contributed by atoms with Crippen LogP contribution in [0.25, 0.3) is 0 Å². The average molecular weight is 211 g/mol. The Morgan fingerprint density at radius 3 is 2.67 bits per heavy atom. The summed E-state index contributed by atoms with van der Waals surface area (Å²) in [6.45, 7) is 7.84. The number of nitrogens with zero attached hydrogens (tertiary/aromatic N) is 2. The second kappa shape index (κ2) is 6.11. The van der Waals surface area contributed by atoms with Crippen LogP contribution < -0.4 is 0 Å². The van der Waals surface area contributed by atoms with Crippen LogP contribution in [0.15, 0.2) is 0 Å². The van der Waals surface area contributed by atoms with E-state index >= 15 is 0 Å². The first kappa shape index (κ1) is 12.5. The van der Waals surface area contributed by atoms with Crippen LogP contribution in [0.2, 0.25) is 0 Å². The van der Waals surface area contributed by atoms with Crippen LogP contribution in [0.1, 0.15) is 39.5 Å². The monoisotopic (exact) mass is 211 g/mol. The lowest BCUT2D eigenvalue weighted by Crippen LogP contribution is -2.29. The maximum Gasteiger partial charge on any atom is 0.0958 e. The van der Waals surface area contributed by atoms with E-state index in [0.29, 0.717) is 6.04 Å². The second-order valence-electron chi connectivity index (χ2n) is 4.82. The molecule has 0 aromatic heterocycles. The molecule has 0 spiro atoms. The minimum atomic E-state index is 0.648. The summed E-state index contributed by atoms with van der Waals surface area (Å²) in [6.07, 6.45) is 4.65. The van der Waals surface area contributed by atoms with Gasteiger partial charge in [0, 0.05) is 25.6 Å². The van der Waals surface area contributed by atoms with Crippen molar-refractivity contribution in [3.63, 3.8) is 0 Å². The fraction of sp³-hybridized carbons (Fsp3) is 0.917. The van der Waals surface area contributed by atoms with Crippen LogP contribution in [0.5, 0.6) is 0 Å². The van der Waals surface area contributed by atoms with Gasteiger partial charge in [0.1, 0.15) is 0 Å². The molecular formula is C12H25N3. The molecule has 0 radical (unpaired) electrons. The van der Waals surface area contributed by atoms with Crippen LogP contribution >= 0.6 is 0 Å². The molecule has 0 atom stereocenters. The van der Waals surface area contributed by atoms with Crippen LogP contribution in [-0.2, 0) is 0 Å². The zero-order valence-corrected chi connectivity index (χ0v) is 10.4. The van der Waals surface area contributed by atoms with Crippen molar-refractivity contribution >= 4 is 5.84 Å². The van der Waals surface area contributed by atoms with Crippen molar-refractivity contribution in [3.8, 4) is 0 Å². The molecule has 0 amide bonds. The molecule has 3 heteroatoms. The van der Waals surface area contributed by atoms with Gasteiger partial charge in [-0.2, -0.15) is 0 Å². The van der Waals surface area contributed by atoms with Gasteiger partial charge in [-0.1, -0.05) is 0 Å². The smallest absolute Gasteiger partial charge is 0.0958 e. The second-order valence-corrected chi connectivity index (χ2v) is 4.82. The van der Waals surface area contributed by atoms with E-state index in [1.165, 1.54) is 25.8 Å². The van der Waals surface area contributed by atoms with Gasteiger partial charge in [0.15, 0.2) is 0 Å². The lowest BCUT2D eigenvalue weighted by atomic mass is 10.2. The highest BCUT2D eigenvalue weighted by Gasteiger charge is 2.15. The lowest BCUT2D eigenvalue weighted by molar-refractivity contribution is 0.264. The Bertz CT molecular complexity index is 201. The van der Waals surface area contributed by atoms with E-state index in [-0.39, 0.29) is 0 Å². The quantitative estimate of drug-likeness (QED) is 0.683. The van der Waals surface area contributed by atoms with E-state index in [4.69, 9.17) is 5.41 Å². The summed E-state index contributed by atoms with van der Waals surface area (Å²) < 4.78 is 0. The standard InChI is InChI=1S/C12H25N3/c1-11(2)14(3)8-4-5-9-15-10-6-7-12(15)13/h11,13H,4-10H2,1-3H3. The van der Waals surface area contributed by atoms with E-state index in [9.17, 15) is 0 Å². The van der Waals surface area contributed by atoms with Crippen molar-refractivity contribution in [3.05, 3.63) is 0 Å². The first-order valence-electron chi connectivity index (χ1n) is 6.14. The molecule has 3 nitrogen and oxygen atoms in total. The minimum Gasteiger partial charge on any atom is -0.361 e. The molecule has 1 rings (SSSR count). The molecule has 1 aliphatic heterocycles. The molecule has 0 unspecified atom stereocenters. The zero-order valence-electron chi connectivity index (χ0n) is 10.4. The van der Waals surface area contributed by atoms with Crippen molar-refractivity contribution in [2.75, 3.05) is 26.7 Å². The normalized spacial score (nSPS) is 17.1.